The maximum Gasteiger partial charge on any atom is 0.419 e. The molecule has 0 bridgehead atoms. The summed E-state index contributed by atoms with van der Waals surface area (Å²) in [5.74, 6) is -3.82. The maximum absolute atomic E-state index is 13.3. The van der Waals surface area contributed by atoms with Crippen molar-refractivity contribution < 1.29 is 33.4 Å². The fraction of sp³-hybridized carbons (Fsp3) is 0.333. The first-order valence-electron chi connectivity index (χ1n) is 10.5. The van der Waals surface area contributed by atoms with Crippen molar-refractivity contribution in [2.45, 2.75) is 39.3 Å². The van der Waals surface area contributed by atoms with Crippen molar-refractivity contribution in [3.8, 4) is 0 Å². The number of nitrogens with zero attached hydrogens (tertiary/aromatic N) is 1. The molecule has 0 saturated carbocycles. The molecule has 0 radical (unpaired) electrons. The van der Waals surface area contributed by atoms with Gasteiger partial charge in [-0.1, -0.05) is 44.2 Å². The van der Waals surface area contributed by atoms with Gasteiger partial charge in [0.05, 0.1) is 17.5 Å². The third-order valence-electron chi connectivity index (χ3n) is 5.32. The highest BCUT2D eigenvalue weighted by Crippen LogP contribution is 2.30. The van der Waals surface area contributed by atoms with Gasteiger partial charge in [0.15, 0.2) is 11.9 Å². The number of hydrogen-bond acceptors (Lipinski definition) is 5. The second kappa shape index (κ2) is 9.81. The highest BCUT2D eigenvalue weighted by Gasteiger charge is 2.32. The summed E-state index contributed by atoms with van der Waals surface area (Å²) in [6, 6.07) is 11.4. The van der Waals surface area contributed by atoms with Crippen molar-refractivity contribution in [1.29, 1.82) is 0 Å². The van der Waals surface area contributed by atoms with Crippen LogP contribution in [-0.4, -0.2) is 52.2 Å². The lowest BCUT2D eigenvalue weighted by molar-refractivity contribution is -0.141. The minimum atomic E-state index is -1.56. The largest absolute Gasteiger partial charge is 0.481 e. The third kappa shape index (κ3) is 5.02. The molecule has 0 spiro atoms. The highest BCUT2D eigenvalue weighted by molar-refractivity contribution is 6.12. The summed E-state index contributed by atoms with van der Waals surface area (Å²) in [6.07, 6.45) is -2.91. The second-order valence-electron chi connectivity index (χ2n) is 8.18. The molecule has 1 aromatic heterocycles. The van der Waals surface area contributed by atoms with Crippen LogP contribution < -0.4 is 5.32 Å². The zero-order valence-electron chi connectivity index (χ0n) is 18.5. The van der Waals surface area contributed by atoms with E-state index in [1.807, 2.05) is 37.3 Å². The third-order valence-corrected chi connectivity index (χ3v) is 5.32. The fourth-order valence-electron chi connectivity index (χ4n) is 3.70. The van der Waals surface area contributed by atoms with Crippen molar-refractivity contribution in [2.75, 3.05) is 6.67 Å². The molecule has 174 valence electrons. The van der Waals surface area contributed by atoms with Gasteiger partial charge in [-0.05, 0) is 30.5 Å². The number of Topliss-reactive ketones (excluding diaryl/α,β-unsaturated/α-hetero) is 1. The Morgan fingerprint density at radius 3 is 2.36 bits per heavy atom. The Labute approximate surface area is 189 Å². The fourth-order valence-corrected chi connectivity index (χ4v) is 3.70. The number of rotatable bonds is 8. The first-order chi connectivity index (χ1) is 15.6. The molecule has 0 saturated heterocycles. The number of para-hydroxylation sites is 1. The average molecular weight is 456 g/mol. The molecule has 2 N–H and O–H groups in total. The van der Waals surface area contributed by atoms with Gasteiger partial charge >= 0.3 is 12.1 Å². The summed E-state index contributed by atoms with van der Waals surface area (Å²) >= 11 is 0. The van der Waals surface area contributed by atoms with Gasteiger partial charge in [0.1, 0.15) is 12.7 Å². The van der Waals surface area contributed by atoms with Crippen LogP contribution >= 0.6 is 0 Å². The van der Waals surface area contributed by atoms with Gasteiger partial charge in [-0.15, -0.1) is 0 Å². The van der Waals surface area contributed by atoms with E-state index < -0.39 is 54.9 Å². The van der Waals surface area contributed by atoms with Crippen molar-refractivity contribution in [2.24, 2.45) is 5.92 Å². The molecule has 2 aromatic carbocycles. The minimum Gasteiger partial charge on any atom is -0.481 e. The van der Waals surface area contributed by atoms with Crippen LogP contribution in [0.15, 0.2) is 42.5 Å². The number of carbonyl (C=O) groups excluding carboxylic acids is 3. The van der Waals surface area contributed by atoms with Crippen LogP contribution in [0.1, 0.15) is 25.8 Å². The minimum absolute atomic E-state index is 0.505. The van der Waals surface area contributed by atoms with E-state index >= 15 is 0 Å². The molecular weight excluding hydrogens is 431 g/mol. The maximum atomic E-state index is 13.3. The lowest BCUT2D eigenvalue weighted by Gasteiger charge is -2.23. The number of ether oxygens (including phenoxy) is 1. The summed E-state index contributed by atoms with van der Waals surface area (Å²) in [4.78, 5) is 48.8. The standard InChI is InChI=1S/C24H25FN2O6/c1-13(2)22(23(31)26-17(11-21(29)30)20(28)12-25)33-24(32)27-18-7-5-4-6-15(18)16-9-8-14(3)10-19(16)27/h4-10,13,17,22H,11-12H2,1-3H3,(H,26,31)(H,29,30)/t17?,22-/m0/s1. The Hall–Kier alpha value is -3.75. The SMILES string of the molecule is Cc1ccc2c3ccccc3n(C(=O)O[C@H](C(=O)NC(CC(=O)O)C(=O)CF)C(C)C)c2c1. The molecule has 2 atom stereocenters. The van der Waals surface area contributed by atoms with Gasteiger partial charge in [0.2, 0.25) is 0 Å². The Morgan fingerprint density at radius 1 is 1.06 bits per heavy atom. The first-order valence-corrected chi connectivity index (χ1v) is 10.5. The summed E-state index contributed by atoms with van der Waals surface area (Å²) < 4.78 is 19.8. The summed E-state index contributed by atoms with van der Waals surface area (Å²) in [5, 5.41) is 12.9. The first kappa shape index (κ1) is 23.9. The molecule has 3 aromatic rings. The number of hydrogen-bond donors (Lipinski definition) is 2. The molecule has 1 amide bonds. The second-order valence-corrected chi connectivity index (χ2v) is 8.18. The number of aryl methyl sites for hydroxylation is 1. The topological polar surface area (TPSA) is 115 Å². The lowest BCUT2D eigenvalue weighted by Crippen LogP contribution is -2.49. The molecule has 33 heavy (non-hydrogen) atoms. The van der Waals surface area contributed by atoms with E-state index in [9.17, 15) is 23.6 Å². The van der Waals surface area contributed by atoms with Crippen LogP contribution in [0.25, 0.3) is 21.8 Å². The zero-order valence-corrected chi connectivity index (χ0v) is 18.5. The lowest BCUT2D eigenvalue weighted by atomic mass is 10.0. The number of ketones is 1. The van der Waals surface area contributed by atoms with Crippen LogP contribution in [0.4, 0.5) is 9.18 Å². The van der Waals surface area contributed by atoms with Crippen molar-refractivity contribution in [3.05, 3.63) is 48.0 Å². The number of aromatic nitrogens is 1. The Balaban J connectivity index is 1.94. The molecule has 8 nitrogen and oxygen atoms in total. The molecule has 1 heterocycles. The zero-order chi connectivity index (χ0) is 24.3. The molecule has 0 aliphatic heterocycles. The van der Waals surface area contributed by atoms with Gasteiger partial charge < -0.3 is 15.2 Å². The number of amides is 1. The van der Waals surface area contributed by atoms with Crippen LogP contribution in [-0.2, 0) is 19.1 Å². The van der Waals surface area contributed by atoms with E-state index in [1.54, 1.807) is 26.0 Å². The Morgan fingerprint density at radius 2 is 1.73 bits per heavy atom. The van der Waals surface area contributed by atoms with Gasteiger partial charge in [-0.25, -0.2) is 13.8 Å². The number of benzene rings is 2. The van der Waals surface area contributed by atoms with Gasteiger partial charge in [0, 0.05) is 10.8 Å². The van der Waals surface area contributed by atoms with Crippen molar-refractivity contribution >= 4 is 45.6 Å². The van der Waals surface area contributed by atoms with Crippen LogP contribution in [0.2, 0.25) is 0 Å². The molecule has 1 unspecified atom stereocenters. The summed E-state index contributed by atoms with van der Waals surface area (Å²) in [5.41, 5.74) is 2.14. The number of fused-ring (bicyclic) bond motifs is 3. The van der Waals surface area contributed by atoms with E-state index in [0.29, 0.717) is 11.0 Å². The average Bonchev–Trinajstić information content (AvgIpc) is 3.09. The number of nitrogens with one attached hydrogen (secondary N) is 1. The van der Waals surface area contributed by atoms with E-state index in [1.165, 1.54) is 4.57 Å². The molecule has 0 aliphatic carbocycles. The number of carbonyl (C=O) groups is 4. The van der Waals surface area contributed by atoms with Gasteiger partial charge in [-0.2, -0.15) is 0 Å². The van der Waals surface area contributed by atoms with Gasteiger partial charge in [-0.3, -0.25) is 14.4 Å². The number of aliphatic carboxylic acids is 1. The highest BCUT2D eigenvalue weighted by atomic mass is 19.1. The summed E-state index contributed by atoms with van der Waals surface area (Å²) in [7, 11) is 0. The van der Waals surface area contributed by atoms with E-state index in [4.69, 9.17) is 9.84 Å². The van der Waals surface area contributed by atoms with E-state index in [2.05, 4.69) is 5.32 Å². The quantitative estimate of drug-likeness (QED) is 0.535. The number of carboxylic acids is 1. The van der Waals surface area contributed by atoms with Crippen LogP contribution in [0.5, 0.6) is 0 Å². The Kier molecular flexibility index (Phi) is 7.10. The molecule has 3 rings (SSSR count). The van der Waals surface area contributed by atoms with Crippen molar-refractivity contribution in [3.63, 3.8) is 0 Å². The van der Waals surface area contributed by atoms with Crippen LogP contribution in [0.3, 0.4) is 0 Å². The summed E-state index contributed by atoms with van der Waals surface area (Å²) in [6.45, 7) is 3.74. The predicted octanol–water partition coefficient (Wildman–Crippen LogP) is 3.61. The van der Waals surface area contributed by atoms with Crippen molar-refractivity contribution in [1.82, 2.24) is 9.88 Å². The molecule has 0 fully saturated rings. The van der Waals surface area contributed by atoms with Gasteiger partial charge in [0.25, 0.3) is 5.91 Å². The monoisotopic (exact) mass is 456 g/mol. The number of halogens is 1. The molecule has 0 aliphatic rings. The number of carboxylic acid groups (broad SMARTS) is 1. The normalized spacial score (nSPS) is 13.1. The molecule has 9 heteroatoms. The predicted molar refractivity (Wildman–Crippen MR) is 120 cm³/mol. The smallest absolute Gasteiger partial charge is 0.419 e. The van der Waals surface area contributed by atoms with E-state index in [-0.39, 0.29) is 0 Å². The van der Waals surface area contributed by atoms with E-state index in [0.717, 1.165) is 16.3 Å². The molecular formula is C24H25FN2O6. The Bertz CT molecular complexity index is 1230. The van der Waals surface area contributed by atoms with Crippen LogP contribution in [0, 0.1) is 12.8 Å². The number of alkyl halides is 1.